The van der Waals surface area contributed by atoms with Crippen LogP contribution in [0.15, 0.2) is 24.8 Å². The Morgan fingerprint density at radius 1 is 1.53 bits per heavy atom. The molecule has 0 saturated carbocycles. The molecule has 1 rings (SSSR count). The largest absolute Gasteiger partial charge is 0.376 e. The molecule has 4 nitrogen and oxygen atoms in total. The number of nitro groups is 1. The molecule has 0 aliphatic carbocycles. The number of hydrogen-bond donors (Lipinski definition) is 1. The number of nitrogens with one attached hydrogen (secondary N) is 1. The first kappa shape index (κ1) is 11.2. The predicted molar refractivity (Wildman–Crippen MR) is 61.3 cm³/mol. The number of anilines is 1. The molecular formula is C11H14N2O2. The quantitative estimate of drug-likeness (QED) is 0.468. The maximum atomic E-state index is 10.9. The molecule has 0 aliphatic rings. The molecule has 0 aromatic heterocycles. The van der Waals surface area contributed by atoms with Crippen molar-refractivity contribution in [1.82, 2.24) is 0 Å². The normalized spacial score (nSPS) is 9.73. The molecule has 0 heterocycles. The number of aryl methyl sites for hydroxylation is 1. The predicted octanol–water partition coefficient (Wildman–Crippen LogP) is 2.81. The van der Waals surface area contributed by atoms with Gasteiger partial charge in [-0.3, -0.25) is 10.1 Å². The van der Waals surface area contributed by atoms with Gasteiger partial charge in [-0.2, -0.15) is 0 Å². The van der Waals surface area contributed by atoms with E-state index < -0.39 is 0 Å². The van der Waals surface area contributed by atoms with Crippen LogP contribution in [-0.4, -0.2) is 11.5 Å². The Balaban J connectivity index is 3.20. The van der Waals surface area contributed by atoms with Gasteiger partial charge < -0.3 is 5.32 Å². The minimum absolute atomic E-state index is 0.150. The number of hydrogen-bond acceptors (Lipinski definition) is 3. The molecule has 80 valence electrons. The fourth-order valence-corrected chi connectivity index (χ4v) is 1.36. The van der Waals surface area contributed by atoms with Crippen LogP contribution in [-0.2, 0) is 0 Å². The maximum Gasteiger partial charge on any atom is 0.295 e. The molecule has 1 N–H and O–H groups in total. The summed E-state index contributed by atoms with van der Waals surface area (Å²) in [6, 6.07) is 3.59. The second-order valence-electron chi connectivity index (χ2n) is 3.33. The Labute approximate surface area is 88.8 Å². The van der Waals surface area contributed by atoms with Crippen LogP contribution in [0.1, 0.15) is 11.1 Å². The summed E-state index contributed by atoms with van der Waals surface area (Å²) in [7, 11) is 0. The molecule has 1 aromatic rings. The lowest BCUT2D eigenvalue weighted by atomic mass is 10.1. The standard InChI is InChI=1S/C11H14N2O2/c1-4-7-12-10-6-5-8(2)9(3)11(10)13(14)15/h4-6,12H,1,7H2,2-3H3. The van der Waals surface area contributed by atoms with E-state index in [1.54, 1.807) is 19.1 Å². The van der Waals surface area contributed by atoms with Gasteiger partial charge in [-0.05, 0) is 25.5 Å². The Kier molecular flexibility index (Phi) is 3.44. The molecule has 0 fully saturated rings. The summed E-state index contributed by atoms with van der Waals surface area (Å²) in [6.45, 7) is 7.69. The summed E-state index contributed by atoms with van der Waals surface area (Å²) in [6.07, 6.45) is 1.67. The van der Waals surface area contributed by atoms with E-state index >= 15 is 0 Å². The van der Waals surface area contributed by atoms with Gasteiger partial charge in [0.2, 0.25) is 0 Å². The smallest absolute Gasteiger partial charge is 0.295 e. The maximum absolute atomic E-state index is 10.9. The van der Waals surface area contributed by atoms with Crippen molar-refractivity contribution in [2.75, 3.05) is 11.9 Å². The lowest BCUT2D eigenvalue weighted by Gasteiger charge is -2.08. The average molecular weight is 206 g/mol. The van der Waals surface area contributed by atoms with Crippen molar-refractivity contribution in [3.05, 3.63) is 46.0 Å². The van der Waals surface area contributed by atoms with E-state index in [0.29, 0.717) is 17.8 Å². The number of benzene rings is 1. The zero-order valence-corrected chi connectivity index (χ0v) is 8.91. The number of nitro benzene ring substituents is 1. The van der Waals surface area contributed by atoms with Gasteiger partial charge in [0.1, 0.15) is 5.69 Å². The molecule has 0 radical (unpaired) electrons. The van der Waals surface area contributed by atoms with Crippen LogP contribution >= 0.6 is 0 Å². The molecule has 4 heteroatoms. The van der Waals surface area contributed by atoms with Crippen LogP contribution in [0.25, 0.3) is 0 Å². The van der Waals surface area contributed by atoms with Gasteiger partial charge in [0.15, 0.2) is 0 Å². The molecule has 0 amide bonds. The molecule has 1 aromatic carbocycles. The highest BCUT2D eigenvalue weighted by molar-refractivity contribution is 5.67. The fourth-order valence-electron chi connectivity index (χ4n) is 1.36. The van der Waals surface area contributed by atoms with Gasteiger partial charge in [0.05, 0.1) is 4.92 Å². The third kappa shape index (κ3) is 2.34. The van der Waals surface area contributed by atoms with E-state index in [0.717, 1.165) is 5.56 Å². The lowest BCUT2D eigenvalue weighted by molar-refractivity contribution is -0.384. The number of nitrogens with zero attached hydrogens (tertiary/aromatic N) is 1. The second kappa shape index (κ2) is 4.59. The highest BCUT2D eigenvalue weighted by Gasteiger charge is 2.17. The van der Waals surface area contributed by atoms with Gasteiger partial charge in [0.25, 0.3) is 5.69 Å². The van der Waals surface area contributed by atoms with Gasteiger partial charge in [-0.25, -0.2) is 0 Å². The molecular weight excluding hydrogens is 192 g/mol. The summed E-state index contributed by atoms with van der Waals surface area (Å²) >= 11 is 0. The molecule has 0 spiro atoms. The molecule has 0 bridgehead atoms. The third-order valence-corrected chi connectivity index (χ3v) is 2.32. The van der Waals surface area contributed by atoms with Gasteiger partial charge in [-0.1, -0.05) is 12.1 Å². The number of rotatable bonds is 4. The lowest BCUT2D eigenvalue weighted by Crippen LogP contribution is -2.04. The summed E-state index contributed by atoms with van der Waals surface area (Å²) < 4.78 is 0. The van der Waals surface area contributed by atoms with Crippen molar-refractivity contribution in [2.45, 2.75) is 13.8 Å². The summed E-state index contributed by atoms with van der Waals surface area (Å²) in [5.41, 5.74) is 2.32. The Morgan fingerprint density at radius 2 is 2.20 bits per heavy atom. The van der Waals surface area contributed by atoms with Crippen LogP contribution < -0.4 is 5.32 Å². The van der Waals surface area contributed by atoms with Crippen LogP contribution in [0.3, 0.4) is 0 Å². The van der Waals surface area contributed by atoms with E-state index in [1.165, 1.54) is 0 Å². The Bertz CT molecular complexity index is 400. The molecule has 15 heavy (non-hydrogen) atoms. The van der Waals surface area contributed by atoms with Crippen molar-refractivity contribution in [3.63, 3.8) is 0 Å². The molecule has 0 saturated heterocycles. The minimum Gasteiger partial charge on any atom is -0.376 e. The average Bonchev–Trinajstić information content (AvgIpc) is 2.19. The minimum atomic E-state index is -0.353. The van der Waals surface area contributed by atoms with E-state index in [9.17, 15) is 10.1 Å². The Hall–Kier alpha value is -1.84. The first-order valence-electron chi connectivity index (χ1n) is 4.67. The highest BCUT2D eigenvalue weighted by atomic mass is 16.6. The topological polar surface area (TPSA) is 55.2 Å². The van der Waals surface area contributed by atoms with Crippen LogP contribution in [0, 0.1) is 24.0 Å². The van der Waals surface area contributed by atoms with Gasteiger partial charge in [0, 0.05) is 12.1 Å². The summed E-state index contributed by atoms with van der Waals surface area (Å²) in [4.78, 5) is 10.5. The first-order valence-corrected chi connectivity index (χ1v) is 4.67. The van der Waals surface area contributed by atoms with E-state index in [4.69, 9.17) is 0 Å². The van der Waals surface area contributed by atoms with E-state index in [2.05, 4.69) is 11.9 Å². The first-order chi connectivity index (χ1) is 7.07. The fraction of sp³-hybridized carbons (Fsp3) is 0.273. The van der Waals surface area contributed by atoms with Crippen molar-refractivity contribution in [2.24, 2.45) is 0 Å². The molecule has 0 aliphatic heterocycles. The second-order valence-corrected chi connectivity index (χ2v) is 3.33. The highest BCUT2D eigenvalue weighted by Crippen LogP contribution is 2.30. The van der Waals surface area contributed by atoms with Crippen molar-refractivity contribution in [1.29, 1.82) is 0 Å². The van der Waals surface area contributed by atoms with Crippen LogP contribution in [0.4, 0.5) is 11.4 Å². The SMILES string of the molecule is C=CCNc1ccc(C)c(C)c1[N+](=O)[O-]. The molecule has 0 unspecified atom stereocenters. The Morgan fingerprint density at radius 3 is 2.73 bits per heavy atom. The van der Waals surface area contributed by atoms with Crippen molar-refractivity contribution < 1.29 is 4.92 Å². The monoisotopic (exact) mass is 206 g/mol. The third-order valence-electron chi connectivity index (χ3n) is 2.32. The summed E-state index contributed by atoms with van der Waals surface area (Å²) in [5, 5.41) is 13.9. The van der Waals surface area contributed by atoms with Crippen LogP contribution in [0.2, 0.25) is 0 Å². The molecule has 0 atom stereocenters. The van der Waals surface area contributed by atoms with E-state index in [1.807, 2.05) is 13.0 Å². The van der Waals surface area contributed by atoms with E-state index in [-0.39, 0.29) is 10.6 Å². The zero-order valence-electron chi connectivity index (χ0n) is 8.91. The zero-order chi connectivity index (χ0) is 11.4. The van der Waals surface area contributed by atoms with Gasteiger partial charge in [-0.15, -0.1) is 6.58 Å². The van der Waals surface area contributed by atoms with Crippen LogP contribution in [0.5, 0.6) is 0 Å². The van der Waals surface area contributed by atoms with Gasteiger partial charge >= 0.3 is 0 Å². The summed E-state index contributed by atoms with van der Waals surface area (Å²) in [5.74, 6) is 0. The van der Waals surface area contributed by atoms with Crippen molar-refractivity contribution >= 4 is 11.4 Å². The van der Waals surface area contributed by atoms with Crippen molar-refractivity contribution in [3.8, 4) is 0 Å².